The Hall–Kier alpha value is -1.66. The monoisotopic (exact) mass is 278 g/mol. The van der Waals surface area contributed by atoms with E-state index in [1.807, 2.05) is 6.07 Å². The summed E-state index contributed by atoms with van der Waals surface area (Å²) in [5.41, 5.74) is 1.01. The summed E-state index contributed by atoms with van der Waals surface area (Å²) < 4.78 is 13.9. The first kappa shape index (κ1) is 13.3. The predicted octanol–water partition coefficient (Wildman–Crippen LogP) is 1.24. The topological polar surface area (TPSA) is 61.6 Å². The molecule has 0 unspecified atom stereocenters. The molecule has 1 saturated heterocycles. The molecule has 0 aliphatic carbocycles. The van der Waals surface area contributed by atoms with Crippen molar-refractivity contribution in [1.82, 2.24) is 10.2 Å². The Kier molecular flexibility index (Phi) is 3.58. The van der Waals surface area contributed by atoms with Crippen LogP contribution in [0.25, 0.3) is 0 Å². The lowest BCUT2D eigenvalue weighted by Crippen LogP contribution is -2.53. The third-order valence-electron chi connectivity index (χ3n) is 4.13. The van der Waals surface area contributed by atoms with E-state index in [1.165, 1.54) is 6.07 Å². The molecule has 2 heterocycles. The largest absolute Gasteiger partial charge is 0.339 e. The molecule has 1 aromatic carbocycles. The number of hydrazine groups is 1. The Bertz CT molecular complexity index is 516. The molecule has 3 rings (SSSR count). The normalized spacial score (nSPS) is 20.8. The molecule has 1 aromatic rings. The van der Waals surface area contributed by atoms with Gasteiger partial charge in [0, 0.05) is 12.6 Å². The van der Waals surface area contributed by atoms with E-state index in [0.717, 1.165) is 36.5 Å². The summed E-state index contributed by atoms with van der Waals surface area (Å²) in [5, 5.41) is 4.25. The van der Waals surface area contributed by atoms with Gasteiger partial charge < -0.3 is 10.2 Å². The van der Waals surface area contributed by atoms with E-state index < -0.39 is 5.82 Å². The third-order valence-corrected chi connectivity index (χ3v) is 4.13. The van der Waals surface area contributed by atoms with Gasteiger partial charge in [0.15, 0.2) is 0 Å². The van der Waals surface area contributed by atoms with Gasteiger partial charge in [-0.25, -0.2) is 20.0 Å². The van der Waals surface area contributed by atoms with E-state index in [2.05, 4.69) is 5.32 Å². The van der Waals surface area contributed by atoms with Crippen LogP contribution in [0, 0.1) is 5.82 Å². The number of carbonyl (C=O) groups excluding carboxylic acids is 1. The summed E-state index contributed by atoms with van der Waals surface area (Å²) in [4.78, 5) is 14.3. The van der Waals surface area contributed by atoms with Crippen molar-refractivity contribution in [3.63, 3.8) is 0 Å². The number of piperidine rings is 1. The van der Waals surface area contributed by atoms with Crippen LogP contribution in [0.1, 0.15) is 18.4 Å². The van der Waals surface area contributed by atoms with Crippen LogP contribution in [0.3, 0.4) is 0 Å². The Labute approximate surface area is 117 Å². The summed E-state index contributed by atoms with van der Waals surface area (Å²) in [6, 6.07) is 4.71. The minimum atomic E-state index is -0.439. The predicted molar refractivity (Wildman–Crippen MR) is 74.8 cm³/mol. The van der Waals surface area contributed by atoms with Gasteiger partial charge in [0.2, 0.25) is 0 Å². The lowest BCUT2D eigenvalue weighted by molar-refractivity contribution is 0.167. The molecule has 0 radical (unpaired) electrons. The number of rotatable bonds is 1. The number of halogens is 1. The van der Waals surface area contributed by atoms with E-state index >= 15 is 0 Å². The number of nitrogens with zero attached hydrogens (tertiary/aromatic N) is 2. The first-order valence-corrected chi connectivity index (χ1v) is 7.02. The minimum Gasteiger partial charge on any atom is -0.320 e. The quantitative estimate of drug-likeness (QED) is 0.600. The van der Waals surface area contributed by atoms with Gasteiger partial charge in [0.05, 0.1) is 0 Å². The van der Waals surface area contributed by atoms with Crippen LogP contribution in [0.15, 0.2) is 18.2 Å². The fourth-order valence-corrected chi connectivity index (χ4v) is 3.06. The van der Waals surface area contributed by atoms with Crippen molar-refractivity contribution >= 4 is 11.7 Å². The number of hydrogen-bond acceptors (Lipinski definition) is 3. The molecule has 1 fully saturated rings. The van der Waals surface area contributed by atoms with Gasteiger partial charge in [0.1, 0.15) is 11.5 Å². The fraction of sp³-hybridized carbons (Fsp3) is 0.500. The first-order valence-electron chi connectivity index (χ1n) is 7.02. The number of nitrogens with two attached hydrogens (primary N) is 1. The minimum absolute atomic E-state index is 0.187. The summed E-state index contributed by atoms with van der Waals surface area (Å²) in [7, 11) is 0. The molecule has 0 spiro atoms. The number of urea groups is 1. The van der Waals surface area contributed by atoms with Gasteiger partial charge in [0.25, 0.3) is 0 Å². The molecule has 6 heteroatoms. The Morgan fingerprint density at radius 1 is 1.30 bits per heavy atom. The van der Waals surface area contributed by atoms with Crippen molar-refractivity contribution in [1.29, 1.82) is 0 Å². The van der Waals surface area contributed by atoms with Gasteiger partial charge in [-0.2, -0.15) is 0 Å². The molecule has 0 atom stereocenters. The fourth-order valence-electron chi connectivity index (χ4n) is 3.06. The summed E-state index contributed by atoms with van der Waals surface area (Å²) in [6.45, 7) is 2.40. The van der Waals surface area contributed by atoms with Crippen LogP contribution in [0.5, 0.6) is 0 Å². The van der Waals surface area contributed by atoms with Crippen LogP contribution >= 0.6 is 0 Å². The molecule has 0 saturated carbocycles. The van der Waals surface area contributed by atoms with Crippen LogP contribution in [-0.4, -0.2) is 36.6 Å². The maximum absolute atomic E-state index is 13.9. The Balaban J connectivity index is 1.89. The highest BCUT2D eigenvalue weighted by atomic mass is 19.1. The zero-order valence-electron chi connectivity index (χ0n) is 11.3. The van der Waals surface area contributed by atoms with Gasteiger partial charge in [-0.1, -0.05) is 12.1 Å². The SMILES string of the molecule is NN1C(=O)N(C2CCNCC2)CCc2cccc(F)c21. The number of para-hydroxylation sites is 1. The lowest BCUT2D eigenvalue weighted by atomic mass is 10.0. The van der Waals surface area contributed by atoms with Gasteiger partial charge >= 0.3 is 6.03 Å². The number of anilines is 1. The molecule has 3 N–H and O–H groups in total. The molecule has 5 nitrogen and oxygen atoms in total. The van der Waals surface area contributed by atoms with Crippen LogP contribution in [-0.2, 0) is 6.42 Å². The molecular formula is C14H19FN4O. The van der Waals surface area contributed by atoms with Crippen LogP contribution < -0.4 is 16.2 Å². The maximum Gasteiger partial charge on any atom is 0.339 e. The van der Waals surface area contributed by atoms with E-state index in [1.54, 1.807) is 11.0 Å². The highest BCUT2D eigenvalue weighted by Crippen LogP contribution is 2.28. The Morgan fingerprint density at radius 2 is 2.05 bits per heavy atom. The molecule has 20 heavy (non-hydrogen) atoms. The van der Waals surface area contributed by atoms with Crippen molar-refractivity contribution in [2.75, 3.05) is 24.6 Å². The van der Waals surface area contributed by atoms with Crippen LogP contribution in [0.4, 0.5) is 14.9 Å². The van der Waals surface area contributed by atoms with Crippen molar-refractivity contribution in [2.45, 2.75) is 25.3 Å². The van der Waals surface area contributed by atoms with Crippen molar-refractivity contribution < 1.29 is 9.18 Å². The summed E-state index contributed by atoms with van der Waals surface area (Å²) in [6.07, 6.45) is 2.47. The Morgan fingerprint density at radius 3 is 2.80 bits per heavy atom. The molecule has 2 aliphatic heterocycles. The molecular weight excluding hydrogens is 259 g/mol. The van der Waals surface area contributed by atoms with Gasteiger partial charge in [-0.05, 0) is 44.0 Å². The second kappa shape index (κ2) is 5.38. The van der Waals surface area contributed by atoms with Crippen LogP contribution in [0.2, 0.25) is 0 Å². The number of nitrogens with one attached hydrogen (secondary N) is 1. The average Bonchev–Trinajstić information content (AvgIpc) is 2.59. The number of amides is 2. The molecule has 0 aromatic heterocycles. The lowest BCUT2D eigenvalue weighted by Gasteiger charge is -2.35. The van der Waals surface area contributed by atoms with Gasteiger partial charge in [-0.3, -0.25) is 0 Å². The molecule has 108 valence electrons. The number of fused-ring (bicyclic) bond motifs is 1. The molecule has 2 aliphatic rings. The summed E-state index contributed by atoms with van der Waals surface area (Å²) >= 11 is 0. The third kappa shape index (κ3) is 2.25. The van der Waals surface area contributed by atoms with Gasteiger partial charge in [-0.15, -0.1) is 0 Å². The smallest absolute Gasteiger partial charge is 0.320 e. The zero-order chi connectivity index (χ0) is 14.1. The van der Waals surface area contributed by atoms with E-state index in [9.17, 15) is 9.18 Å². The van der Waals surface area contributed by atoms with E-state index in [-0.39, 0.29) is 17.8 Å². The second-order valence-electron chi connectivity index (χ2n) is 5.32. The average molecular weight is 278 g/mol. The zero-order valence-corrected chi connectivity index (χ0v) is 11.3. The highest BCUT2D eigenvalue weighted by Gasteiger charge is 2.32. The number of carbonyl (C=O) groups is 1. The maximum atomic E-state index is 13.9. The molecule has 0 bridgehead atoms. The van der Waals surface area contributed by atoms with Crippen molar-refractivity contribution in [3.05, 3.63) is 29.6 Å². The summed E-state index contributed by atoms with van der Waals surface area (Å²) in [5.74, 6) is 5.43. The first-order chi connectivity index (χ1) is 9.68. The molecule has 2 amide bonds. The van der Waals surface area contributed by atoms with Crippen molar-refractivity contribution in [2.24, 2.45) is 5.84 Å². The van der Waals surface area contributed by atoms with E-state index in [4.69, 9.17) is 5.84 Å². The second-order valence-corrected chi connectivity index (χ2v) is 5.32. The standard InChI is InChI=1S/C14H19FN4O/c15-12-3-1-2-10-6-9-18(11-4-7-17-8-5-11)14(20)19(16)13(10)12/h1-3,11,17H,4-9,16H2. The number of benzene rings is 1. The van der Waals surface area contributed by atoms with Crippen molar-refractivity contribution in [3.8, 4) is 0 Å². The number of hydrogen-bond donors (Lipinski definition) is 2. The van der Waals surface area contributed by atoms with E-state index in [0.29, 0.717) is 13.0 Å². The highest BCUT2D eigenvalue weighted by molar-refractivity contribution is 5.92.